The van der Waals surface area contributed by atoms with Crippen LogP contribution >= 0.6 is 0 Å². The molecule has 5 atom stereocenters. The number of aliphatic hydroxyl groups excluding tert-OH is 1. The standard InChI is InChI=1S/C22H34O5/c1-6-21(4)18(13-23)27-19(15-25-16(3)24)22(5,7-2)20(21)26-14-17-11-9-8-10-12-17/h8-12,18-20,23H,6-7,13-15H2,1-5H3/t18-,19+,20-,21-,22+/m0/s1. The molecule has 1 heterocycles. The lowest BCUT2D eigenvalue weighted by Crippen LogP contribution is -2.64. The minimum Gasteiger partial charge on any atom is -0.463 e. The van der Waals surface area contributed by atoms with Crippen molar-refractivity contribution in [3.63, 3.8) is 0 Å². The van der Waals surface area contributed by atoms with Gasteiger partial charge in [0.25, 0.3) is 0 Å². The van der Waals surface area contributed by atoms with Crippen LogP contribution in [0.1, 0.15) is 53.0 Å². The summed E-state index contributed by atoms with van der Waals surface area (Å²) in [5, 5.41) is 10.0. The fourth-order valence-corrected chi connectivity index (χ4v) is 4.24. The van der Waals surface area contributed by atoms with E-state index in [2.05, 4.69) is 27.7 Å². The lowest BCUT2D eigenvalue weighted by molar-refractivity contribution is -0.280. The van der Waals surface area contributed by atoms with Gasteiger partial charge in [0.05, 0.1) is 31.5 Å². The number of benzene rings is 1. The number of hydrogen-bond acceptors (Lipinski definition) is 5. The Morgan fingerprint density at radius 3 is 2.22 bits per heavy atom. The second-order valence-corrected chi connectivity index (χ2v) is 7.99. The Balaban J connectivity index is 2.34. The topological polar surface area (TPSA) is 65.0 Å². The lowest BCUT2D eigenvalue weighted by atomic mass is 9.60. The average molecular weight is 379 g/mol. The van der Waals surface area contributed by atoms with Crippen molar-refractivity contribution >= 4 is 5.97 Å². The fraction of sp³-hybridized carbons (Fsp3) is 0.682. The van der Waals surface area contributed by atoms with E-state index < -0.39 is 0 Å². The highest BCUT2D eigenvalue weighted by Crippen LogP contribution is 2.52. The van der Waals surface area contributed by atoms with Gasteiger partial charge >= 0.3 is 5.97 Å². The molecule has 2 rings (SSSR count). The van der Waals surface area contributed by atoms with Gasteiger partial charge in [0.2, 0.25) is 0 Å². The van der Waals surface area contributed by atoms with Gasteiger partial charge in [0.1, 0.15) is 6.61 Å². The molecule has 0 bridgehead atoms. The van der Waals surface area contributed by atoms with E-state index in [1.807, 2.05) is 30.3 Å². The molecule has 1 aliphatic rings. The lowest BCUT2D eigenvalue weighted by Gasteiger charge is -2.57. The monoisotopic (exact) mass is 378 g/mol. The molecule has 0 aromatic heterocycles. The number of rotatable bonds is 8. The van der Waals surface area contributed by atoms with Crippen LogP contribution < -0.4 is 0 Å². The number of aliphatic hydroxyl groups is 1. The van der Waals surface area contributed by atoms with Crippen molar-refractivity contribution in [2.75, 3.05) is 13.2 Å². The molecular weight excluding hydrogens is 344 g/mol. The maximum atomic E-state index is 11.4. The molecule has 0 amide bonds. The second kappa shape index (κ2) is 9.18. The van der Waals surface area contributed by atoms with Crippen LogP contribution in [0.25, 0.3) is 0 Å². The summed E-state index contributed by atoms with van der Waals surface area (Å²) in [6.45, 7) is 10.4. The van der Waals surface area contributed by atoms with E-state index in [-0.39, 0.29) is 48.3 Å². The van der Waals surface area contributed by atoms with Crippen molar-refractivity contribution < 1.29 is 24.1 Å². The highest BCUT2D eigenvalue weighted by atomic mass is 16.6. The first-order valence-electron chi connectivity index (χ1n) is 9.87. The molecular formula is C22H34O5. The summed E-state index contributed by atoms with van der Waals surface area (Å²) in [5.74, 6) is -0.330. The maximum Gasteiger partial charge on any atom is 0.302 e. The van der Waals surface area contributed by atoms with E-state index in [1.54, 1.807) is 0 Å². The Hall–Kier alpha value is -1.43. The molecule has 1 saturated heterocycles. The van der Waals surface area contributed by atoms with Crippen LogP contribution in [0.5, 0.6) is 0 Å². The third kappa shape index (κ3) is 4.53. The average Bonchev–Trinajstić information content (AvgIpc) is 2.67. The highest BCUT2D eigenvalue weighted by molar-refractivity contribution is 5.65. The summed E-state index contributed by atoms with van der Waals surface area (Å²) in [6, 6.07) is 10.1. The van der Waals surface area contributed by atoms with Crippen LogP contribution in [-0.2, 0) is 25.6 Å². The Morgan fingerprint density at radius 1 is 1.11 bits per heavy atom. The zero-order valence-corrected chi connectivity index (χ0v) is 17.2. The highest BCUT2D eigenvalue weighted by Gasteiger charge is 2.58. The van der Waals surface area contributed by atoms with Gasteiger partial charge in [-0.15, -0.1) is 0 Å². The van der Waals surface area contributed by atoms with E-state index in [9.17, 15) is 9.90 Å². The van der Waals surface area contributed by atoms with Gasteiger partial charge < -0.3 is 19.3 Å². The van der Waals surface area contributed by atoms with Crippen LogP contribution in [0.3, 0.4) is 0 Å². The molecule has 1 N–H and O–H groups in total. The molecule has 5 heteroatoms. The van der Waals surface area contributed by atoms with Crippen LogP contribution in [0.15, 0.2) is 30.3 Å². The largest absolute Gasteiger partial charge is 0.463 e. The first-order valence-corrected chi connectivity index (χ1v) is 9.87. The predicted octanol–water partition coefficient (Wildman–Crippen LogP) is 3.73. The minimum absolute atomic E-state index is 0.0914. The molecule has 1 aliphatic heterocycles. The van der Waals surface area contributed by atoms with Gasteiger partial charge in [-0.25, -0.2) is 0 Å². The number of esters is 1. The summed E-state index contributed by atoms with van der Waals surface area (Å²) in [4.78, 5) is 11.4. The van der Waals surface area contributed by atoms with Gasteiger partial charge in [-0.1, -0.05) is 58.0 Å². The van der Waals surface area contributed by atoms with Gasteiger partial charge in [0, 0.05) is 17.8 Å². The third-order valence-corrected chi connectivity index (χ3v) is 6.38. The fourth-order valence-electron chi connectivity index (χ4n) is 4.24. The summed E-state index contributed by atoms with van der Waals surface area (Å²) in [6.07, 6.45) is 0.777. The van der Waals surface area contributed by atoms with Crippen molar-refractivity contribution in [2.45, 2.75) is 72.4 Å². The summed E-state index contributed by atoms with van der Waals surface area (Å²) in [7, 11) is 0. The van der Waals surface area contributed by atoms with E-state index in [0.717, 1.165) is 18.4 Å². The first kappa shape index (κ1) is 21.9. The quantitative estimate of drug-likeness (QED) is 0.698. The van der Waals surface area contributed by atoms with Crippen molar-refractivity contribution in [3.05, 3.63) is 35.9 Å². The molecule has 5 nitrogen and oxygen atoms in total. The number of carbonyl (C=O) groups excluding carboxylic acids is 1. The molecule has 0 radical (unpaired) electrons. The van der Waals surface area contributed by atoms with Crippen LogP contribution in [0.4, 0.5) is 0 Å². The molecule has 0 aliphatic carbocycles. The summed E-state index contributed by atoms with van der Waals surface area (Å²) >= 11 is 0. The molecule has 152 valence electrons. The summed E-state index contributed by atoms with van der Waals surface area (Å²) < 4.78 is 18.1. The number of carbonyl (C=O) groups is 1. The van der Waals surface area contributed by atoms with Crippen LogP contribution in [0.2, 0.25) is 0 Å². The third-order valence-electron chi connectivity index (χ3n) is 6.38. The Labute approximate surface area is 163 Å². The van der Waals surface area contributed by atoms with E-state index in [0.29, 0.717) is 6.61 Å². The Bertz CT molecular complexity index is 604. The molecule has 27 heavy (non-hydrogen) atoms. The van der Waals surface area contributed by atoms with E-state index in [4.69, 9.17) is 14.2 Å². The number of hydrogen-bond donors (Lipinski definition) is 1. The van der Waals surface area contributed by atoms with Gasteiger partial charge in [0.15, 0.2) is 0 Å². The SMILES string of the molecule is CC[C@@]1(C)[C@@H](OCc2ccccc2)[C@@](C)(CC)[C@H](CO)O[C@@H]1COC(C)=O. The van der Waals surface area contributed by atoms with Crippen molar-refractivity contribution in [1.82, 2.24) is 0 Å². The Morgan fingerprint density at radius 2 is 1.70 bits per heavy atom. The molecule has 1 fully saturated rings. The van der Waals surface area contributed by atoms with Gasteiger partial charge in [-0.05, 0) is 18.4 Å². The summed E-state index contributed by atoms with van der Waals surface area (Å²) in [5.41, 5.74) is 0.416. The normalized spacial score (nSPS) is 33.6. The van der Waals surface area contributed by atoms with E-state index in [1.165, 1.54) is 6.92 Å². The molecule has 1 aromatic carbocycles. The van der Waals surface area contributed by atoms with Crippen LogP contribution in [-0.4, -0.2) is 42.6 Å². The molecule has 0 unspecified atom stereocenters. The van der Waals surface area contributed by atoms with Crippen molar-refractivity contribution in [2.24, 2.45) is 10.8 Å². The van der Waals surface area contributed by atoms with Crippen molar-refractivity contribution in [1.29, 1.82) is 0 Å². The van der Waals surface area contributed by atoms with Crippen LogP contribution in [0, 0.1) is 10.8 Å². The van der Waals surface area contributed by atoms with Gasteiger partial charge in [-0.2, -0.15) is 0 Å². The smallest absolute Gasteiger partial charge is 0.302 e. The maximum absolute atomic E-state index is 11.4. The number of ether oxygens (including phenoxy) is 3. The van der Waals surface area contributed by atoms with E-state index >= 15 is 0 Å². The first-order chi connectivity index (χ1) is 12.8. The molecule has 1 aromatic rings. The molecule has 0 saturated carbocycles. The Kier molecular flexibility index (Phi) is 7.43. The van der Waals surface area contributed by atoms with Crippen molar-refractivity contribution in [3.8, 4) is 0 Å². The van der Waals surface area contributed by atoms with Gasteiger partial charge in [-0.3, -0.25) is 4.79 Å². The minimum atomic E-state index is -0.372. The zero-order chi connectivity index (χ0) is 20.1. The predicted molar refractivity (Wildman–Crippen MR) is 104 cm³/mol. The second-order valence-electron chi connectivity index (χ2n) is 7.99. The zero-order valence-electron chi connectivity index (χ0n) is 17.2. The molecule has 0 spiro atoms.